The third-order valence-corrected chi connectivity index (χ3v) is 7.50. The Balaban J connectivity index is 1.18. The summed E-state index contributed by atoms with van der Waals surface area (Å²) in [5, 5.41) is 4.02. The molecule has 0 radical (unpaired) electrons. The maximum Gasteiger partial charge on any atom is 0.229 e. The lowest BCUT2D eigenvalue weighted by Crippen LogP contribution is -2.36. The minimum atomic E-state index is -0.572. The second kappa shape index (κ2) is 11.4. The predicted octanol–water partition coefficient (Wildman–Crippen LogP) is 4.50. The Morgan fingerprint density at radius 1 is 1.00 bits per heavy atom. The van der Waals surface area contributed by atoms with E-state index in [-0.39, 0.29) is 12.1 Å². The molecule has 0 spiro atoms. The van der Waals surface area contributed by atoms with E-state index in [1.54, 1.807) is 24.1 Å². The number of nitrogens with one attached hydrogen (secondary N) is 1. The summed E-state index contributed by atoms with van der Waals surface area (Å²) in [6.07, 6.45) is 4.84. The van der Waals surface area contributed by atoms with Crippen LogP contribution in [0.4, 0.5) is 20.4 Å². The maximum atomic E-state index is 15.1. The molecule has 0 bridgehead atoms. The van der Waals surface area contributed by atoms with Gasteiger partial charge in [0.2, 0.25) is 5.95 Å². The molecule has 0 amide bonds. The van der Waals surface area contributed by atoms with Crippen LogP contribution in [0.1, 0.15) is 17.5 Å². The molecule has 1 unspecified atom stereocenters. The molecule has 2 aromatic carbocycles. The molecule has 4 aromatic rings. The van der Waals surface area contributed by atoms with Crippen LogP contribution in [0.25, 0.3) is 16.7 Å². The van der Waals surface area contributed by atoms with Crippen LogP contribution in [0.5, 0.6) is 0 Å². The molecule has 2 aliphatic heterocycles. The van der Waals surface area contributed by atoms with Crippen molar-refractivity contribution in [1.29, 1.82) is 0 Å². The van der Waals surface area contributed by atoms with Gasteiger partial charge in [-0.1, -0.05) is 12.1 Å². The third kappa shape index (κ3) is 5.79. The van der Waals surface area contributed by atoms with Crippen LogP contribution in [0, 0.1) is 11.6 Å². The van der Waals surface area contributed by atoms with Crippen LogP contribution in [0.3, 0.4) is 0 Å². The summed E-state index contributed by atoms with van der Waals surface area (Å²) in [6, 6.07) is 12.7. The zero-order valence-corrected chi connectivity index (χ0v) is 21.9. The molecule has 1 atom stereocenters. The molecule has 0 aliphatic carbocycles. The zero-order valence-electron chi connectivity index (χ0n) is 21.9. The van der Waals surface area contributed by atoms with Crippen LogP contribution >= 0.6 is 0 Å². The first-order valence-electron chi connectivity index (χ1n) is 13.3. The number of morpholine rings is 1. The number of anilines is 2. The van der Waals surface area contributed by atoms with Crippen molar-refractivity contribution < 1.29 is 18.3 Å². The number of aromatic nitrogens is 3. The van der Waals surface area contributed by atoms with Crippen LogP contribution in [0.15, 0.2) is 54.9 Å². The minimum Gasteiger partial charge on any atom is -0.380 e. The summed E-state index contributed by atoms with van der Waals surface area (Å²) in [5.74, 6) is -0.738. The van der Waals surface area contributed by atoms with E-state index in [9.17, 15) is 0 Å². The topological polar surface area (TPSA) is 67.7 Å². The molecule has 2 aromatic heterocycles. The van der Waals surface area contributed by atoms with Gasteiger partial charge in [-0.25, -0.2) is 13.8 Å². The van der Waals surface area contributed by atoms with Gasteiger partial charge in [-0.05, 0) is 42.3 Å². The molecule has 8 nitrogen and oxygen atoms in total. The van der Waals surface area contributed by atoms with Gasteiger partial charge in [0.15, 0.2) is 0 Å². The van der Waals surface area contributed by atoms with E-state index in [0.29, 0.717) is 49.7 Å². The van der Waals surface area contributed by atoms with Crippen molar-refractivity contribution in [2.24, 2.45) is 0 Å². The smallest absolute Gasteiger partial charge is 0.229 e. The fraction of sp³-hybridized carbons (Fsp3) is 0.379. The molecule has 4 heterocycles. The quantitative estimate of drug-likeness (QED) is 0.357. The Labute approximate surface area is 226 Å². The number of halogens is 2. The van der Waals surface area contributed by atoms with Crippen molar-refractivity contribution >= 4 is 22.7 Å². The van der Waals surface area contributed by atoms with E-state index >= 15 is 8.78 Å². The van der Waals surface area contributed by atoms with E-state index < -0.39 is 11.6 Å². The van der Waals surface area contributed by atoms with Gasteiger partial charge in [0.05, 0.1) is 25.0 Å². The average Bonchev–Trinajstić information content (AvgIpc) is 3.59. The largest absolute Gasteiger partial charge is 0.380 e. The molecule has 0 saturated carbocycles. The lowest BCUT2D eigenvalue weighted by Gasteiger charge is -2.27. The van der Waals surface area contributed by atoms with Gasteiger partial charge in [-0.2, -0.15) is 4.98 Å². The number of benzene rings is 2. The number of hydrogen-bond donors (Lipinski definition) is 1. The molecular weight excluding hydrogens is 502 g/mol. The first kappa shape index (κ1) is 25.8. The fourth-order valence-corrected chi connectivity index (χ4v) is 5.26. The zero-order chi connectivity index (χ0) is 26.8. The van der Waals surface area contributed by atoms with Gasteiger partial charge in [0.1, 0.15) is 17.3 Å². The highest BCUT2D eigenvalue weighted by molar-refractivity contribution is 5.78. The van der Waals surface area contributed by atoms with Gasteiger partial charge >= 0.3 is 0 Å². The molecule has 2 saturated heterocycles. The first-order chi connectivity index (χ1) is 19.1. The van der Waals surface area contributed by atoms with E-state index in [1.165, 1.54) is 17.7 Å². The molecule has 1 N–H and O–H groups in total. The molecule has 10 heteroatoms. The van der Waals surface area contributed by atoms with E-state index in [4.69, 9.17) is 9.47 Å². The van der Waals surface area contributed by atoms with Crippen molar-refractivity contribution in [3.05, 3.63) is 77.6 Å². The minimum absolute atomic E-state index is 0.0702. The molecule has 2 aliphatic rings. The molecule has 2 fully saturated rings. The van der Waals surface area contributed by atoms with E-state index in [0.717, 1.165) is 37.1 Å². The number of ether oxygens (including phenoxy) is 2. The lowest BCUT2D eigenvalue weighted by atomic mass is 10.1. The Kier molecular flexibility index (Phi) is 7.51. The monoisotopic (exact) mass is 534 g/mol. The highest BCUT2D eigenvalue weighted by Gasteiger charge is 2.22. The van der Waals surface area contributed by atoms with E-state index in [1.807, 2.05) is 23.1 Å². The van der Waals surface area contributed by atoms with Gasteiger partial charge in [0, 0.05) is 75.4 Å². The Morgan fingerprint density at radius 3 is 2.49 bits per heavy atom. The van der Waals surface area contributed by atoms with Gasteiger partial charge in [0.25, 0.3) is 0 Å². The predicted molar refractivity (Wildman–Crippen MR) is 145 cm³/mol. The summed E-state index contributed by atoms with van der Waals surface area (Å²) in [5.41, 5.74) is 3.09. The summed E-state index contributed by atoms with van der Waals surface area (Å²) in [4.78, 5) is 13.5. The maximum absolute atomic E-state index is 15.1. The first-order valence-corrected chi connectivity index (χ1v) is 13.3. The molecule has 204 valence electrons. The average molecular weight is 535 g/mol. The van der Waals surface area contributed by atoms with Crippen LogP contribution in [-0.2, 0) is 22.6 Å². The van der Waals surface area contributed by atoms with Crippen LogP contribution in [0.2, 0.25) is 0 Å². The summed E-state index contributed by atoms with van der Waals surface area (Å²) >= 11 is 0. The van der Waals surface area contributed by atoms with Crippen molar-refractivity contribution in [2.45, 2.75) is 25.6 Å². The number of methoxy groups -OCH3 is 1. The summed E-state index contributed by atoms with van der Waals surface area (Å²) < 4.78 is 42.6. The fourth-order valence-electron chi connectivity index (χ4n) is 5.26. The van der Waals surface area contributed by atoms with Crippen molar-refractivity contribution in [3.8, 4) is 5.69 Å². The number of rotatable bonds is 8. The molecular formula is C29H32F2N6O2. The normalized spacial score (nSPS) is 18.7. The lowest BCUT2D eigenvalue weighted by molar-refractivity contribution is 0.0332. The second-order valence-electron chi connectivity index (χ2n) is 10.1. The highest BCUT2D eigenvalue weighted by Crippen LogP contribution is 2.25. The van der Waals surface area contributed by atoms with Gasteiger partial charge < -0.3 is 19.4 Å². The highest BCUT2D eigenvalue weighted by atomic mass is 19.1. The number of likely N-dealkylation sites (tertiary alicyclic amines) is 1. The van der Waals surface area contributed by atoms with Crippen molar-refractivity contribution in [2.75, 3.05) is 51.8 Å². The summed E-state index contributed by atoms with van der Waals surface area (Å²) in [7, 11) is 1.77. The Bertz CT molecular complexity index is 1410. The van der Waals surface area contributed by atoms with Gasteiger partial charge in [-0.3, -0.25) is 9.80 Å². The Hall–Kier alpha value is -3.44. The summed E-state index contributed by atoms with van der Waals surface area (Å²) in [6.45, 7) is 5.56. The number of fused-ring (bicyclic) bond motifs is 1. The SMILES string of the molecule is COC1CCN(Cc2ccc(Nc3ncc4ccn(-c5cc(F)c(CN6CCOCC6)c(F)c5)c4n3)cc2)C1. The van der Waals surface area contributed by atoms with Crippen molar-refractivity contribution in [1.82, 2.24) is 24.3 Å². The van der Waals surface area contributed by atoms with Crippen molar-refractivity contribution in [3.63, 3.8) is 0 Å². The molecule has 39 heavy (non-hydrogen) atoms. The molecule has 6 rings (SSSR count). The standard InChI is InChI=1S/C29H32F2N6O2/c1-38-24-7-8-36(18-24)17-20-2-4-22(5-3-20)33-29-32-16-21-6-9-37(28(21)34-29)23-14-26(30)25(27(31)15-23)19-35-10-12-39-13-11-35/h2-6,9,14-16,24H,7-8,10-13,17-19H2,1H3,(H,32,33,34). The second-order valence-corrected chi connectivity index (χ2v) is 10.1. The van der Waals surface area contributed by atoms with Gasteiger partial charge in [-0.15, -0.1) is 0 Å². The number of hydrogen-bond acceptors (Lipinski definition) is 7. The Morgan fingerprint density at radius 2 is 1.77 bits per heavy atom. The van der Waals surface area contributed by atoms with E-state index in [2.05, 4.69) is 32.3 Å². The van der Waals surface area contributed by atoms with Crippen LogP contribution in [-0.4, -0.2) is 76.9 Å². The third-order valence-electron chi connectivity index (χ3n) is 7.50. The van der Waals surface area contributed by atoms with Crippen LogP contribution < -0.4 is 5.32 Å². The number of nitrogens with zero attached hydrogens (tertiary/aromatic N) is 5.